The first-order chi connectivity index (χ1) is 9.76. The van der Waals surface area contributed by atoms with E-state index < -0.39 is 0 Å². The van der Waals surface area contributed by atoms with Gasteiger partial charge in [-0.3, -0.25) is 0 Å². The summed E-state index contributed by atoms with van der Waals surface area (Å²) in [5.41, 5.74) is 3.18. The zero-order valence-corrected chi connectivity index (χ0v) is 11.3. The monoisotopic (exact) mass is 266 g/mol. The van der Waals surface area contributed by atoms with Gasteiger partial charge in [-0.25, -0.2) is 15.0 Å². The number of anilines is 2. The summed E-state index contributed by atoms with van der Waals surface area (Å²) in [5.74, 6) is 1.55. The number of fused-ring (bicyclic) bond motifs is 1. The number of rotatable bonds is 3. The number of ether oxygens (including phenoxy) is 1. The number of hydrogen-bond donors (Lipinski definition) is 1. The predicted molar refractivity (Wildman–Crippen MR) is 78.3 cm³/mol. The van der Waals surface area contributed by atoms with Crippen molar-refractivity contribution in [3.05, 3.63) is 48.3 Å². The van der Waals surface area contributed by atoms with E-state index in [1.165, 1.54) is 0 Å². The summed E-state index contributed by atoms with van der Waals surface area (Å²) >= 11 is 0. The van der Waals surface area contributed by atoms with Crippen LogP contribution in [0.2, 0.25) is 0 Å². The van der Waals surface area contributed by atoms with Crippen LogP contribution in [0.3, 0.4) is 0 Å². The van der Waals surface area contributed by atoms with Gasteiger partial charge in [0.25, 0.3) is 0 Å². The molecule has 0 bridgehead atoms. The molecule has 20 heavy (non-hydrogen) atoms. The number of benzene rings is 1. The van der Waals surface area contributed by atoms with Crippen molar-refractivity contribution < 1.29 is 4.74 Å². The van der Waals surface area contributed by atoms with Gasteiger partial charge in [0.15, 0.2) is 11.5 Å². The summed E-state index contributed by atoms with van der Waals surface area (Å²) in [6, 6.07) is 11.4. The van der Waals surface area contributed by atoms with E-state index in [-0.39, 0.29) is 0 Å². The normalized spacial score (nSPS) is 10.5. The largest absolute Gasteiger partial charge is 0.497 e. The van der Waals surface area contributed by atoms with Crippen molar-refractivity contribution in [1.29, 1.82) is 0 Å². The summed E-state index contributed by atoms with van der Waals surface area (Å²) < 4.78 is 5.14. The maximum absolute atomic E-state index is 5.14. The Morgan fingerprint density at radius 2 is 1.85 bits per heavy atom. The first kappa shape index (κ1) is 12.3. The van der Waals surface area contributed by atoms with E-state index in [2.05, 4.69) is 20.3 Å². The molecule has 0 aliphatic heterocycles. The van der Waals surface area contributed by atoms with Crippen LogP contribution in [0.15, 0.2) is 42.6 Å². The molecule has 5 heteroatoms. The topological polar surface area (TPSA) is 59.9 Å². The van der Waals surface area contributed by atoms with Gasteiger partial charge in [0.2, 0.25) is 0 Å². The van der Waals surface area contributed by atoms with Gasteiger partial charge < -0.3 is 10.1 Å². The molecule has 0 unspecified atom stereocenters. The predicted octanol–water partition coefficient (Wildman–Crippen LogP) is 3.09. The molecule has 0 saturated heterocycles. The molecular weight excluding hydrogens is 252 g/mol. The lowest BCUT2D eigenvalue weighted by Gasteiger charge is -2.09. The van der Waals surface area contributed by atoms with Crippen LogP contribution in [0, 0.1) is 6.92 Å². The maximum atomic E-state index is 5.14. The van der Waals surface area contributed by atoms with Crippen molar-refractivity contribution in [1.82, 2.24) is 15.0 Å². The van der Waals surface area contributed by atoms with E-state index in [9.17, 15) is 0 Å². The van der Waals surface area contributed by atoms with E-state index in [4.69, 9.17) is 4.74 Å². The number of methoxy groups -OCH3 is 1. The fraction of sp³-hybridized carbons (Fsp3) is 0.133. The zero-order valence-electron chi connectivity index (χ0n) is 11.3. The van der Waals surface area contributed by atoms with Gasteiger partial charge in [0, 0.05) is 11.9 Å². The summed E-state index contributed by atoms with van der Waals surface area (Å²) in [4.78, 5) is 13.2. The molecule has 0 amide bonds. The maximum Gasteiger partial charge on any atom is 0.178 e. The smallest absolute Gasteiger partial charge is 0.178 e. The molecule has 0 saturated carbocycles. The molecular formula is C15H14N4O. The Bertz CT molecular complexity index is 740. The van der Waals surface area contributed by atoms with Gasteiger partial charge in [-0.2, -0.15) is 0 Å². The van der Waals surface area contributed by atoms with Crippen LogP contribution >= 0.6 is 0 Å². The van der Waals surface area contributed by atoms with Crippen LogP contribution in [0.25, 0.3) is 11.2 Å². The summed E-state index contributed by atoms with van der Waals surface area (Å²) in [6.45, 7) is 1.91. The number of aryl methyl sites for hydroxylation is 1. The van der Waals surface area contributed by atoms with Crippen LogP contribution in [-0.2, 0) is 0 Å². The zero-order chi connectivity index (χ0) is 13.9. The Hall–Kier alpha value is -2.69. The molecule has 0 aliphatic rings. The third-order valence-electron chi connectivity index (χ3n) is 2.97. The first-order valence-corrected chi connectivity index (χ1v) is 6.27. The molecule has 2 heterocycles. The van der Waals surface area contributed by atoms with Crippen LogP contribution in [0.5, 0.6) is 5.75 Å². The highest BCUT2D eigenvalue weighted by Crippen LogP contribution is 2.21. The van der Waals surface area contributed by atoms with Crippen molar-refractivity contribution in [3.63, 3.8) is 0 Å². The Labute approximate surface area is 116 Å². The SMILES string of the molecule is COc1ccc(Nc2nc3cccnc3nc2C)cc1. The van der Waals surface area contributed by atoms with Gasteiger partial charge in [0.1, 0.15) is 11.3 Å². The summed E-state index contributed by atoms with van der Waals surface area (Å²) in [5, 5.41) is 3.26. The van der Waals surface area contributed by atoms with Crippen LogP contribution in [0.4, 0.5) is 11.5 Å². The van der Waals surface area contributed by atoms with Crippen molar-refractivity contribution in [3.8, 4) is 5.75 Å². The molecule has 0 aliphatic carbocycles. The lowest BCUT2D eigenvalue weighted by atomic mass is 10.3. The third-order valence-corrected chi connectivity index (χ3v) is 2.97. The fourth-order valence-electron chi connectivity index (χ4n) is 1.90. The quantitative estimate of drug-likeness (QED) is 0.789. The second-order valence-corrected chi connectivity index (χ2v) is 4.36. The number of pyridine rings is 1. The number of nitrogens with zero attached hydrogens (tertiary/aromatic N) is 3. The molecule has 3 rings (SSSR count). The number of hydrogen-bond acceptors (Lipinski definition) is 5. The van der Waals surface area contributed by atoms with Crippen molar-refractivity contribution in [2.45, 2.75) is 6.92 Å². The molecule has 5 nitrogen and oxygen atoms in total. The molecule has 3 aromatic rings. The van der Waals surface area contributed by atoms with Gasteiger partial charge in [-0.15, -0.1) is 0 Å². The molecule has 100 valence electrons. The van der Waals surface area contributed by atoms with Crippen molar-refractivity contribution in [2.24, 2.45) is 0 Å². The highest BCUT2D eigenvalue weighted by Gasteiger charge is 2.06. The minimum atomic E-state index is 0.658. The Kier molecular flexibility index (Phi) is 3.16. The minimum Gasteiger partial charge on any atom is -0.497 e. The van der Waals surface area contributed by atoms with E-state index in [1.54, 1.807) is 13.3 Å². The average Bonchev–Trinajstić information content (AvgIpc) is 2.49. The molecule has 0 atom stereocenters. The van der Waals surface area contributed by atoms with Crippen molar-refractivity contribution >= 4 is 22.7 Å². The van der Waals surface area contributed by atoms with E-state index in [0.717, 1.165) is 28.5 Å². The Morgan fingerprint density at radius 1 is 1.05 bits per heavy atom. The van der Waals surface area contributed by atoms with Crippen LogP contribution in [-0.4, -0.2) is 22.1 Å². The molecule has 1 aromatic carbocycles. The molecule has 1 N–H and O–H groups in total. The van der Waals surface area contributed by atoms with Crippen LogP contribution < -0.4 is 10.1 Å². The van der Waals surface area contributed by atoms with Crippen molar-refractivity contribution in [2.75, 3.05) is 12.4 Å². The van der Waals surface area contributed by atoms with E-state index in [1.807, 2.05) is 43.3 Å². The number of nitrogens with one attached hydrogen (secondary N) is 1. The average molecular weight is 266 g/mol. The van der Waals surface area contributed by atoms with E-state index >= 15 is 0 Å². The van der Waals surface area contributed by atoms with Gasteiger partial charge in [0.05, 0.1) is 12.8 Å². The van der Waals surface area contributed by atoms with Gasteiger partial charge in [-0.1, -0.05) is 0 Å². The second kappa shape index (κ2) is 5.13. The molecule has 0 radical (unpaired) electrons. The highest BCUT2D eigenvalue weighted by atomic mass is 16.5. The Morgan fingerprint density at radius 3 is 2.60 bits per heavy atom. The van der Waals surface area contributed by atoms with Gasteiger partial charge in [-0.05, 0) is 43.3 Å². The molecule has 0 fully saturated rings. The third kappa shape index (κ3) is 2.38. The Balaban J connectivity index is 1.94. The molecule has 0 spiro atoms. The highest BCUT2D eigenvalue weighted by molar-refractivity contribution is 5.73. The molecule has 2 aromatic heterocycles. The van der Waals surface area contributed by atoms with Gasteiger partial charge >= 0.3 is 0 Å². The first-order valence-electron chi connectivity index (χ1n) is 6.27. The fourth-order valence-corrected chi connectivity index (χ4v) is 1.90. The van der Waals surface area contributed by atoms with Crippen LogP contribution in [0.1, 0.15) is 5.69 Å². The number of aromatic nitrogens is 3. The van der Waals surface area contributed by atoms with E-state index in [0.29, 0.717) is 5.65 Å². The lowest BCUT2D eigenvalue weighted by molar-refractivity contribution is 0.415. The minimum absolute atomic E-state index is 0.658. The summed E-state index contributed by atoms with van der Waals surface area (Å²) in [6.07, 6.45) is 1.72. The second-order valence-electron chi connectivity index (χ2n) is 4.36. The standard InChI is InChI=1S/C15H14N4O/c1-10-14(18-11-5-7-12(20-2)8-6-11)19-13-4-3-9-16-15(13)17-10/h3-9H,1-2H3,(H,18,19). The summed E-state index contributed by atoms with van der Waals surface area (Å²) in [7, 11) is 1.65. The lowest BCUT2D eigenvalue weighted by Crippen LogP contribution is -2.00.